The fourth-order valence-electron chi connectivity index (χ4n) is 1.79. The van der Waals surface area contributed by atoms with Crippen molar-refractivity contribution in [2.75, 3.05) is 5.75 Å². The van der Waals surface area contributed by atoms with E-state index >= 15 is 0 Å². The van der Waals surface area contributed by atoms with Crippen LogP contribution < -0.4 is 4.72 Å². The summed E-state index contributed by atoms with van der Waals surface area (Å²) in [6, 6.07) is 8.17. The smallest absolute Gasteiger partial charge is 0.322 e. The zero-order chi connectivity index (χ0) is 15.2. The molecule has 1 aromatic carbocycles. The predicted molar refractivity (Wildman–Crippen MR) is 77.9 cm³/mol. The van der Waals surface area contributed by atoms with Gasteiger partial charge in [0.2, 0.25) is 10.0 Å². The third-order valence-electron chi connectivity index (χ3n) is 3.29. The van der Waals surface area contributed by atoms with Crippen molar-refractivity contribution in [2.24, 2.45) is 5.92 Å². The van der Waals surface area contributed by atoms with E-state index in [-0.39, 0.29) is 11.7 Å². The molecule has 0 radical (unpaired) electrons. The van der Waals surface area contributed by atoms with Crippen molar-refractivity contribution in [1.29, 1.82) is 0 Å². The summed E-state index contributed by atoms with van der Waals surface area (Å²) in [6.07, 6.45) is 0.960. The zero-order valence-corrected chi connectivity index (χ0v) is 12.6. The van der Waals surface area contributed by atoms with Gasteiger partial charge in [0.05, 0.1) is 5.75 Å². The quantitative estimate of drug-likeness (QED) is 0.764. The van der Waals surface area contributed by atoms with Gasteiger partial charge in [-0.15, -0.1) is 0 Å². The summed E-state index contributed by atoms with van der Waals surface area (Å²) >= 11 is 0. The third kappa shape index (κ3) is 5.30. The van der Waals surface area contributed by atoms with E-state index in [4.69, 9.17) is 5.11 Å². The van der Waals surface area contributed by atoms with Crippen LogP contribution in [0, 0.1) is 5.92 Å². The Morgan fingerprint density at radius 1 is 1.30 bits per heavy atom. The van der Waals surface area contributed by atoms with Crippen LogP contribution in [-0.2, 0) is 21.2 Å². The second-order valence-electron chi connectivity index (χ2n) is 4.87. The van der Waals surface area contributed by atoms with Gasteiger partial charge in [0.15, 0.2) is 0 Å². The molecular formula is C14H21NO4S. The van der Waals surface area contributed by atoms with Gasteiger partial charge in [0.1, 0.15) is 6.04 Å². The minimum absolute atomic E-state index is 0.114. The summed E-state index contributed by atoms with van der Waals surface area (Å²) in [5.74, 6) is -1.50. The number of hydrogen-bond donors (Lipinski definition) is 2. The monoisotopic (exact) mass is 299 g/mol. The summed E-state index contributed by atoms with van der Waals surface area (Å²) in [4.78, 5) is 11.1. The van der Waals surface area contributed by atoms with Gasteiger partial charge in [-0.3, -0.25) is 4.79 Å². The molecule has 1 rings (SSSR count). The number of aryl methyl sites for hydroxylation is 1. The molecule has 2 unspecified atom stereocenters. The normalized spacial score (nSPS) is 14.7. The van der Waals surface area contributed by atoms with Crippen molar-refractivity contribution in [3.05, 3.63) is 35.9 Å². The highest BCUT2D eigenvalue weighted by molar-refractivity contribution is 7.89. The summed E-state index contributed by atoms with van der Waals surface area (Å²) < 4.78 is 26.2. The molecule has 2 atom stereocenters. The molecule has 112 valence electrons. The molecule has 0 saturated carbocycles. The van der Waals surface area contributed by atoms with Crippen LogP contribution in [-0.4, -0.2) is 31.3 Å². The number of rotatable bonds is 8. The molecule has 5 nitrogen and oxygen atoms in total. The molecule has 0 aliphatic carbocycles. The summed E-state index contributed by atoms with van der Waals surface area (Å²) in [5, 5.41) is 9.10. The van der Waals surface area contributed by atoms with Crippen molar-refractivity contribution < 1.29 is 18.3 Å². The van der Waals surface area contributed by atoms with Crippen LogP contribution >= 0.6 is 0 Å². The number of hydrogen-bond acceptors (Lipinski definition) is 3. The van der Waals surface area contributed by atoms with Gasteiger partial charge in [-0.2, -0.15) is 0 Å². The van der Waals surface area contributed by atoms with Crippen LogP contribution in [0.3, 0.4) is 0 Å². The van der Waals surface area contributed by atoms with Crippen LogP contribution in [0.5, 0.6) is 0 Å². The molecule has 0 saturated heterocycles. The SMILES string of the molecule is CCC(C)C(NS(=O)(=O)CCc1ccccc1)C(=O)O. The number of carboxylic acids is 1. The minimum atomic E-state index is -3.61. The lowest BCUT2D eigenvalue weighted by atomic mass is 10.0. The topological polar surface area (TPSA) is 83.5 Å². The Morgan fingerprint density at radius 3 is 2.40 bits per heavy atom. The fraction of sp³-hybridized carbons (Fsp3) is 0.500. The first kappa shape index (κ1) is 16.7. The molecule has 0 aliphatic heterocycles. The summed E-state index contributed by atoms with van der Waals surface area (Å²) in [5.41, 5.74) is 0.910. The highest BCUT2D eigenvalue weighted by Gasteiger charge is 2.28. The molecule has 0 fully saturated rings. The fourth-order valence-corrected chi connectivity index (χ4v) is 3.14. The van der Waals surface area contributed by atoms with Crippen LogP contribution in [0.15, 0.2) is 30.3 Å². The van der Waals surface area contributed by atoms with Crippen molar-refractivity contribution in [3.8, 4) is 0 Å². The molecular weight excluding hydrogens is 278 g/mol. The Morgan fingerprint density at radius 2 is 1.90 bits per heavy atom. The van der Waals surface area contributed by atoms with Crippen LogP contribution in [0.2, 0.25) is 0 Å². The number of carboxylic acid groups (broad SMARTS) is 1. The maximum Gasteiger partial charge on any atom is 0.322 e. The van der Waals surface area contributed by atoms with Crippen molar-refractivity contribution in [2.45, 2.75) is 32.7 Å². The molecule has 1 aromatic rings. The molecule has 6 heteroatoms. The summed E-state index contributed by atoms with van der Waals surface area (Å²) in [6.45, 7) is 3.55. The van der Waals surface area contributed by atoms with Crippen molar-refractivity contribution in [1.82, 2.24) is 4.72 Å². The maximum atomic E-state index is 12.0. The third-order valence-corrected chi connectivity index (χ3v) is 4.64. The Hall–Kier alpha value is -1.40. The highest BCUT2D eigenvalue weighted by atomic mass is 32.2. The van der Waals surface area contributed by atoms with E-state index in [1.165, 1.54) is 0 Å². The molecule has 0 spiro atoms. The second-order valence-corrected chi connectivity index (χ2v) is 6.75. The highest BCUT2D eigenvalue weighted by Crippen LogP contribution is 2.10. The van der Waals surface area contributed by atoms with Gasteiger partial charge < -0.3 is 5.11 Å². The van der Waals surface area contributed by atoms with Gasteiger partial charge >= 0.3 is 5.97 Å². The number of nitrogens with one attached hydrogen (secondary N) is 1. The Balaban J connectivity index is 2.66. The van der Waals surface area contributed by atoms with E-state index in [2.05, 4.69) is 4.72 Å². The Kier molecular flexibility index (Phi) is 6.16. The molecule has 0 heterocycles. The lowest BCUT2D eigenvalue weighted by Crippen LogP contribution is -2.45. The van der Waals surface area contributed by atoms with E-state index in [0.29, 0.717) is 12.8 Å². The number of carbonyl (C=O) groups is 1. The molecule has 0 amide bonds. The summed E-state index contributed by atoms with van der Waals surface area (Å²) in [7, 11) is -3.61. The van der Waals surface area contributed by atoms with Gasteiger partial charge in [-0.05, 0) is 17.9 Å². The van der Waals surface area contributed by atoms with Gasteiger partial charge in [0, 0.05) is 0 Å². The molecule has 2 N–H and O–H groups in total. The number of benzene rings is 1. The van der Waals surface area contributed by atoms with E-state index in [1.54, 1.807) is 6.92 Å². The first-order valence-electron chi connectivity index (χ1n) is 6.62. The first-order valence-corrected chi connectivity index (χ1v) is 8.27. The largest absolute Gasteiger partial charge is 0.480 e. The van der Waals surface area contributed by atoms with Gasteiger partial charge in [-0.1, -0.05) is 50.6 Å². The van der Waals surface area contributed by atoms with E-state index in [1.807, 2.05) is 37.3 Å². The predicted octanol–water partition coefficient (Wildman–Crippen LogP) is 1.65. The molecule has 0 aromatic heterocycles. The minimum Gasteiger partial charge on any atom is -0.480 e. The lowest BCUT2D eigenvalue weighted by molar-refractivity contribution is -0.140. The van der Waals surface area contributed by atoms with Gasteiger partial charge in [-0.25, -0.2) is 13.1 Å². The van der Waals surface area contributed by atoms with Gasteiger partial charge in [0.25, 0.3) is 0 Å². The molecule has 20 heavy (non-hydrogen) atoms. The van der Waals surface area contributed by atoms with Crippen LogP contribution in [0.25, 0.3) is 0 Å². The molecule has 0 bridgehead atoms. The van der Waals surface area contributed by atoms with Crippen molar-refractivity contribution >= 4 is 16.0 Å². The lowest BCUT2D eigenvalue weighted by Gasteiger charge is -2.20. The second kappa shape index (κ2) is 7.40. The van der Waals surface area contributed by atoms with E-state index in [0.717, 1.165) is 5.56 Å². The maximum absolute atomic E-state index is 12.0. The first-order chi connectivity index (χ1) is 9.35. The standard InChI is InChI=1S/C14H21NO4S/c1-3-11(2)13(14(16)17)15-20(18,19)10-9-12-7-5-4-6-8-12/h4-8,11,13,15H,3,9-10H2,1-2H3,(H,16,17). The van der Waals surface area contributed by atoms with E-state index < -0.39 is 22.0 Å². The van der Waals surface area contributed by atoms with E-state index in [9.17, 15) is 13.2 Å². The number of aliphatic carboxylic acids is 1. The number of sulfonamides is 1. The Labute approximate surface area is 120 Å². The van der Waals surface area contributed by atoms with Crippen LogP contribution in [0.1, 0.15) is 25.8 Å². The average Bonchev–Trinajstić information content (AvgIpc) is 2.43. The zero-order valence-electron chi connectivity index (χ0n) is 11.7. The average molecular weight is 299 g/mol. The molecule has 0 aliphatic rings. The van der Waals surface area contributed by atoms with Crippen molar-refractivity contribution in [3.63, 3.8) is 0 Å². The Bertz CT molecular complexity index is 527. The van der Waals surface area contributed by atoms with Crippen LogP contribution in [0.4, 0.5) is 0 Å².